The predicted molar refractivity (Wildman–Crippen MR) is 115 cm³/mol. The summed E-state index contributed by atoms with van der Waals surface area (Å²) < 4.78 is 33.6. The minimum atomic E-state index is -3.56. The van der Waals surface area contributed by atoms with Crippen molar-refractivity contribution < 1.29 is 22.7 Å². The molecule has 2 fully saturated rings. The average molecular weight is 448 g/mol. The van der Waals surface area contributed by atoms with Crippen LogP contribution in [0.4, 0.5) is 0 Å². The van der Waals surface area contributed by atoms with E-state index < -0.39 is 10.0 Å². The van der Waals surface area contributed by atoms with Crippen molar-refractivity contribution in [3.8, 4) is 0 Å². The van der Waals surface area contributed by atoms with Gasteiger partial charge in [-0.3, -0.25) is 9.59 Å². The van der Waals surface area contributed by atoms with Crippen LogP contribution in [-0.2, 0) is 37.5 Å². The summed E-state index contributed by atoms with van der Waals surface area (Å²) in [5.74, 6) is 0.410. The summed E-state index contributed by atoms with van der Waals surface area (Å²) in [6, 6.07) is 4.86. The summed E-state index contributed by atoms with van der Waals surface area (Å²) in [5, 5.41) is 0. The molecule has 0 saturated heterocycles. The molecule has 9 heteroatoms. The smallest absolute Gasteiger partial charge is 0.309 e. The Bertz CT molecular complexity index is 1110. The minimum absolute atomic E-state index is 0.00216. The molecule has 2 atom stereocenters. The van der Waals surface area contributed by atoms with Crippen LogP contribution in [0.15, 0.2) is 23.1 Å². The first-order valence-corrected chi connectivity index (χ1v) is 12.3. The van der Waals surface area contributed by atoms with E-state index in [9.17, 15) is 18.0 Å². The van der Waals surface area contributed by atoms with Crippen LogP contribution >= 0.6 is 0 Å². The van der Waals surface area contributed by atoms with Gasteiger partial charge in [0.2, 0.25) is 10.0 Å². The van der Waals surface area contributed by atoms with Crippen molar-refractivity contribution in [2.75, 3.05) is 14.1 Å². The van der Waals surface area contributed by atoms with Gasteiger partial charge in [0.25, 0.3) is 0 Å². The maximum atomic E-state index is 12.7. The number of ketones is 1. The molecule has 1 aromatic heterocycles. The standard InChI is InChI=1S/C22H29N3O5S/c1-4-25-19-9-8-17(31(28,29)24(2)3)12-18(19)23-20(25)13-30-22(27)16-10-14-6-5-7-15(11-16)21(14)26/h8-9,12,14-16H,4-7,10-11,13H2,1-3H3/t14-,15-/m0/s1. The van der Waals surface area contributed by atoms with E-state index in [0.717, 1.165) is 29.1 Å². The maximum Gasteiger partial charge on any atom is 0.309 e. The lowest BCUT2D eigenvalue weighted by Gasteiger charge is -2.36. The molecule has 0 spiro atoms. The minimum Gasteiger partial charge on any atom is -0.457 e. The number of carbonyl (C=O) groups is 2. The van der Waals surface area contributed by atoms with Crippen molar-refractivity contribution in [3.05, 3.63) is 24.0 Å². The third-order valence-corrected chi connectivity index (χ3v) is 8.43. The maximum absolute atomic E-state index is 12.7. The van der Waals surface area contributed by atoms with E-state index in [1.807, 2.05) is 11.5 Å². The molecule has 0 amide bonds. The third kappa shape index (κ3) is 4.01. The fraction of sp³-hybridized carbons (Fsp3) is 0.591. The molecule has 0 N–H and O–H groups in total. The molecule has 0 radical (unpaired) electrons. The first-order valence-electron chi connectivity index (χ1n) is 10.8. The molecule has 8 nitrogen and oxygen atoms in total. The van der Waals surface area contributed by atoms with Crippen molar-refractivity contribution in [1.29, 1.82) is 0 Å². The molecular formula is C22H29N3O5S. The van der Waals surface area contributed by atoms with E-state index in [1.165, 1.54) is 14.1 Å². The third-order valence-electron chi connectivity index (χ3n) is 6.62. The molecule has 2 aliphatic rings. The Morgan fingerprint density at radius 3 is 2.52 bits per heavy atom. The van der Waals surface area contributed by atoms with Gasteiger partial charge in [-0.1, -0.05) is 6.42 Å². The van der Waals surface area contributed by atoms with Gasteiger partial charge in [-0.25, -0.2) is 17.7 Å². The number of aryl methyl sites for hydroxylation is 1. The highest BCUT2D eigenvalue weighted by atomic mass is 32.2. The van der Waals surface area contributed by atoms with Gasteiger partial charge in [-0.05, 0) is 50.8 Å². The lowest BCUT2D eigenvalue weighted by molar-refractivity contribution is -0.155. The van der Waals surface area contributed by atoms with Gasteiger partial charge < -0.3 is 9.30 Å². The summed E-state index contributed by atoms with van der Waals surface area (Å²) >= 11 is 0. The fourth-order valence-corrected chi connectivity index (χ4v) is 5.84. The summed E-state index contributed by atoms with van der Waals surface area (Å²) in [6.45, 7) is 2.60. The SMILES string of the molecule is CCn1c(COC(=O)C2C[C@@H]3CCC[C@@H](C2)C3=O)nc2cc(S(=O)(=O)N(C)C)ccc21. The Morgan fingerprint density at radius 1 is 1.23 bits per heavy atom. The normalized spacial score (nSPS) is 24.0. The van der Waals surface area contributed by atoms with E-state index in [4.69, 9.17) is 4.74 Å². The van der Waals surface area contributed by atoms with Crippen molar-refractivity contribution in [1.82, 2.24) is 13.9 Å². The second-order valence-electron chi connectivity index (χ2n) is 8.71. The zero-order valence-corrected chi connectivity index (χ0v) is 19.0. The van der Waals surface area contributed by atoms with Crippen LogP contribution in [0, 0.1) is 17.8 Å². The molecule has 31 heavy (non-hydrogen) atoms. The van der Waals surface area contributed by atoms with Gasteiger partial charge in [0.05, 0.1) is 21.8 Å². The lowest BCUT2D eigenvalue weighted by Crippen LogP contribution is -2.39. The number of carbonyl (C=O) groups excluding carboxylic acids is 2. The van der Waals surface area contributed by atoms with E-state index in [1.54, 1.807) is 18.2 Å². The number of rotatable bonds is 6. The number of fused-ring (bicyclic) bond motifs is 3. The van der Waals surface area contributed by atoms with E-state index in [2.05, 4.69) is 4.98 Å². The highest BCUT2D eigenvalue weighted by Gasteiger charge is 2.41. The van der Waals surface area contributed by atoms with Gasteiger partial charge >= 0.3 is 5.97 Å². The van der Waals surface area contributed by atoms with Crippen LogP contribution in [0.2, 0.25) is 0 Å². The molecule has 1 aromatic carbocycles. The van der Waals surface area contributed by atoms with Crippen molar-refractivity contribution >= 4 is 32.8 Å². The number of benzene rings is 1. The highest BCUT2D eigenvalue weighted by molar-refractivity contribution is 7.89. The predicted octanol–water partition coefficient (Wildman–Crippen LogP) is 2.75. The molecule has 168 valence electrons. The Balaban J connectivity index is 1.51. The number of ether oxygens (including phenoxy) is 1. The molecule has 2 bridgehead atoms. The Morgan fingerprint density at radius 2 is 1.90 bits per heavy atom. The number of Topliss-reactive ketones (excluding diaryl/α,β-unsaturated/α-hetero) is 1. The van der Waals surface area contributed by atoms with Gasteiger partial charge in [0, 0.05) is 32.5 Å². The number of hydrogen-bond acceptors (Lipinski definition) is 6. The van der Waals surface area contributed by atoms with Crippen LogP contribution in [0.25, 0.3) is 11.0 Å². The number of aromatic nitrogens is 2. The molecular weight excluding hydrogens is 418 g/mol. The van der Waals surface area contributed by atoms with Gasteiger partial charge in [0.15, 0.2) is 0 Å². The summed E-state index contributed by atoms with van der Waals surface area (Å²) in [5.41, 5.74) is 1.35. The van der Waals surface area contributed by atoms with Crippen molar-refractivity contribution in [3.63, 3.8) is 0 Å². The van der Waals surface area contributed by atoms with Crippen LogP contribution in [-0.4, -0.2) is 48.1 Å². The second kappa shape index (κ2) is 8.35. The monoisotopic (exact) mass is 447 g/mol. The first-order chi connectivity index (χ1) is 14.7. The largest absolute Gasteiger partial charge is 0.457 e. The van der Waals surface area contributed by atoms with Crippen molar-refractivity contribution in [2.45, 2.75) is 57.1 Å². The molecule has 4 rings (SSSR count). The number of hydrogen-bond donors (Lipinski definition) is 0. The van der Waals surface area contributed by atoms with E-state index in [-0.39, 0.29) is 35.2 Å². The lowest BCUT2D eigenvalue weighted by atomic mass is 9.67. The second-order valence-corrected chi connectivity index (χ2v) is 10.9. The molecule has 2 aliphatic carbocycles. The average Bonchev–Trinajstić information content (AvgIpc) is 3.08. The van der Waals surface area contributed by atoms with Crippen LogP contribution in [0.3, 0.4) is 0 Å². The summed E-state index contributed by atoms with van der Waals surface area (Å²) in [6.07, 6.45) is 4.00. The highest BCUT2D eigenvalue weighted by Crippen LogP contribution is 2.40. The van der Waals surface area contributed by atoms with Crippen molar-refractivity contribution in [2.24, 2.45) is 17.8 Å². The Hall–Kier alpha value is -2.26. The zero-order chi connectivity index (χ0) is 22.3. The number of nitrogens with zero attached hydrogens (tertiary/aromatic N) is 3. The molecule has 2 saturated carbocycles. The van der Waals surface area contributed by atoms with Gasteiger partial charge in [0.1, 0.15) is 18.2 Å². The van der Waals surface area contributed by atoms with Crippen LogP contribution < -0.4 is 0 Å². The Kier molecular flexibility index (Phi) is 5.91. The number of sulfonamides is 1. The number of imidazole rings is 1. The van der Waals surface area contributed by atoms with Crippen LogP contribution in [0.5, 0.6) is 0 Å². The first kappa shape index (κ1) is 22.0. The van der Waals surface area contributed by atoms with E-state index in [0.29, 0.717) is 36.5 Å². The van der Waals surface area contributed by atoms with E-state index >= 15 is 0 Å². The Labute approximate surface area is 182 Å². The fourth-order valence-electron chi connectivity index (χ4n) is 4.92. The van der Waals surface area contributed by atoms with Gasteiger partial charge in [-0.2, -0.15) is 0 Å². The quantitative estimate of drug-likeness (QED) is 0.632. The van der Waals surface area contributed by atoms with Gasteiger partial charge in [-0.15, -0.1) is 0 Å². The summed E-state index contributed by atoms with van der Waals surface area (Å²) in [4.78, 5) is 29.7. The zero-order valence-electron chi connectivity index (χ0n) is 18.2. The number of esters is 1. The molecule has 0 aliphatic heterocycles. The molecule has 0 unspecified atom stereocenters. The summed E-state index contributed by atoms with van der Waals surface area (Å²) in [7, 11) is -0.584. The molecule has 1 heterocycles. The van der Waals surface area contributed by atoms with Crippen LogP contribution in [0.1, 0.15) is 44.9 Å². The topological polar surface area (TPSA) is 98.6 Å². The molecule has 2 aromatic rings.